The molecule has 1 atom stereocenters. The maximum atomic E-state index is 11.1. The first-order chi connectivity index (χ1) is 7.54. The van der Waals surface area contributed by atoms with Crippen molar-refractivity contribution in [1.29, 1.82) is 0 Å². The van der Waals surface area contributed by atoms with Crippen LogP contribution in [-0.4, -0.2) is 25.7 Å². The maximum Gasteiger partial charge on any atom is 0.252 e. The van der Waals surface area contributed by atoms with Gasteiger partial charge in [-0.2, -0.15) is 0 Å². The van der Waals surface area contributed by atoms with Crippen molar-refractivity contribution < 1.29 is 14.3 Å². The van der Waals surface area contributed by atoms with E-state index in [0.29, 0.717) is 23.6 Å². The van der Waals surface area contributed by atoms with Gasteiger partial charge in [0.25, 0.3) is 5.91 Å². The lowest BCUT2D eigenvalue weighted by atomic mass is 10.1. The molecule has 0 aliphatic rings. The monoisotopic (exact) mass is 224 g/mol. The van der Waals surface area contributed by atoms with Crippen molar-refractivity contribution in [3.05, 3.63) is 23.8 Å². The molecule has 88 valence electrons. The Balaban J connectivity index is 2.84. The third-order valence-corrected chi connectivity index (χ3v) is 2.15. The molecular weight excluding hydrogens is 208 g/mol. The van der Waals surface area contributed by atoms with Gasteiger partial charge < -0.3 is 20.9 Å². The fourth-order valence-electron chi connectivity index (χ4n) is 1.14. The van der Waals surface area contributed by atoms with Crippen LogP contribution < -0.4 is 16.2 Å². The largest absolute Gasteiger partial charge is 0.490 e. The van der Waals surface area contributed by atoms with Crippen LogP contribution in [0.25, 0.3) is 0 Å². The van der Waals surface area contributed by atoms with Crippen molar-refractivity contribution in [2.45, 2.75) is 13.0 Å². The molecule has 0 saturated carbocycles. The second kappa shape index (κ2) is 5.37. The highest BCUT2D eigenvalue weighted by Gasteiger charge is 2.10. The molecule has 5 nitrogen and oxygen atoms in total. The summed E-state index contributed by atoms with van der Waals surface area (Å²) >= 11 is 0. The number of anilines is 1. The summed E-state index contributed by atoms with van der Waals surface area (Å²) in [5.41, 5.74) is 11.7. The van der Waals surface area contributed by atoms with Crippen LogP contribution in [0.4, 0.5) is 5.69 Å². The molecule has 5 heteroatoms. The minimum Gasteiger partial charge on any atom is -0.490 e. The molecule has 1 rings (SSSR count). The van der Waals surface area contributed by atoms with Gasteiger partial charge in [-0.3, -0.25) is 4.79 Å². The van der Waals surface area contributed by atoms with Gasteiger partial charge in [-0.05, 0) is 19.1 Å². The summed E-state index contributed by atoms with van der Waals surface area (Å²) in [6, 6.07) is 4.72. The topological polar surface area (TPSA) is 87.6 Å². The van der Waals surface area contributed by atoms with Crippen molar-refractivity contribution in [2.75, 3.05) is 19.5 Å². The second-order valence-electron chi connectivity index (χ2n) is 3.48. The van der Waals surface area contributed by atoms with Gasteiger partial charge in [-0.15, -0.1) is 0 Å². The van der Waals surface area contributed by atoms with E-state index in [1.54, 1.807) is 25.3 Å². The first-order valence-corrected chi connectivity index (χ1v) is 4.89. The number of nitrogen functional groups attached to an aromatic ring is 1. The maximum absolute atomic E-state index is 11.1. The lowest BCUT2D eigenvalue weighted by molar-refractivity contribution is 0.0708. The van der Waals surface area contributed by atoms with Crippen LogP contribution in [-0.2, 0) is 4.74 Å². The molecule has 1 aromatic carbocycles. The molecule has 1 amide bonds. The highest BCUT2D eigenvalue weighted by Crippen LogP contribution is 2.21. The van der Waals surface area contributed by atoms with E-state index in [4.69, 9.17) is 20.9 Å². The van der Waals surface area contributed by atoms with Crippen LogP contribution in [0.5, 0.6) is 5.75 Å². The van der Waals surface area contributed by atoms with Gasteiger partial charge in [0, 0.05) is 18.9 Å². The summed E-state index contributed by atoms with van der Waals surface area (Å²) in [7, 11) is 1.59. The third kappa shape index (κ3) is 3.13. The average molecular weight is 224 g/mol. The number of carbonyl (C=O) groups is 1. The number of carbonyl (C=O) groups excluding carboxylic acids is 1. The molecule has 0 spiro atoms. The summed E-state index contributed by atoms with van der Waals surface area (Å²) in [6.07, 6.45) is -0.0674. The zero-order valence-corrected chi connectivity index (χ0v) is 9.40. The number of hydrogen-bond acceptors (Lipinski definition) is 4. The summed E-state index contributed by atoms with van der Waals surface area (Å²) < 4.78 is 10.5. The number of ether oxygens (including phenoxy) is 2. The standard InChI is InChI=1S/C11H16N2O3/c1-7(15-2)6-16-10-5-8(12)3-4-9(10)11(13)14/h3-5,7H,6,12H2,1-2H3,(H2,13,14). The Morgan fingerprint density at radius 1 is 1.50 bits per heavy atom. The second-order valence-corrected chi connectivity index (χ2v) is 3.48. The molecule has 0 saturated heterocycles. The predicted molar refractivity (Wildman–Crippen MR) is 61.3 cm³/mol. The van der Waals surface area contributed by atoms with Crippen molar-refractivity contribution in [2.24, 2.45) is 5.73 Å². The number of hydrogen-bond donors (Lipinski definition) is 2. The minimum absolute atomic E-state index is 0.0674. The Morgan fingerprint density at radius 3 is 2.75 bits per heavy atom. The molecule has 1 aromatic rings. The average Bonchev–Trinajstić information content (AvgIpc) is 2.25. The molecule has 0 aliphatic carbocycles. The molecule has 0 fully saturated rings. The van der Waals surface area contributed by atoms with Gasteiger partial charge in [0.05, 0.1) is 11.7 Å². The van der Waals surface area contributed by atoms with Gasteiger partial charge in [0.1, 0.15) is 12.4 Å². The Morgan fingerprint density at radius 2 is 2.19 bits per heavy atom. The predicted octanol–water partition coefficient (Wildman–Crippen LogP) is 0.781. The number of benzene rings is 1. The molecule has 0 aliphatic heterocycles. The molecule has 16 heavy (non-hydrogen) atoms. The smallest absolute Gasteiger partial charge is 0.252 e. The molecule has 0 radical (unpaired) electrons. The molecule has 0 heterocycles. The third-order valence-electron chi connectivity index (χ3n) is 2.15. The Labute approximate surface area is 94.3 Å². The normalized spacial score (nSPS) is 12.1. The Kier molecular flexibility index (Phi) is 4.13. The number of amides is 1. The molecular formula is C11H16N2O3. The van der Waals surface area contributed by atoms with E-state index in [-0.39, 0.29) is 6.10 Å². The first-order valence-electron chi connectivity index (χ1n) is 4.89. The number of nitrogens with two attached hydrogens (primary N) is 2. The van der Waals surface area contributed by atoms with E-state index in [1.165, 1.54) is 0 Å². The van der Waals surface area contributed by atoms with Crippen LogP contribution in [0, 0.1) is 0 Å². The van der Waals surface area contributed by atoms with Crippen LogP contribution in [0.2, 0.25) is 0 Å². The van der Waals surface area contributed by atoms with Crippen molar-refractivity contribution in [3.63, 3.8) is 0 Å². The van der Waals surface area contributed by atoms with Crippen LogP contribution >= 0.6 is 0 Å². The van der Waals surface area contributed by atoms with E-state index in [1.807, 2.05) is 6.92 Å². The van der Waals surface area contributed by atoms with E-state index >= 15 is 0 Å². The zero-order chi connectivity index (χ0) is 12.1. The van der Waals surface area contributed by atoms with E-state index in [2.05, 4.69) is 0 Å². The number of methoxy groups -OCH3 is 1. The molecule has 0 aromatic heterocycles. The Hall–Kier alpha value is -1.75. The Bertz CT molecular complexity index is 379. The number of rotatable bonds is 5. The fourth-order valence-corrected chi connectivity index (χ4v) is 1.14. The van der Waals surface area contributed by atoms with Crippen molar-refractivity contribution >= 4 is 11.6 Å². The summed E-state index contributed by atoms with van der Waals surface area (Å²) in [5, 5.41) is 0. The summed E-state index contributed by atoms with van der Waals surface area (Å²) in [6.45, 7) is 2.19. The SMILES string of the molecule is COC(C)COc1cc(N)ccc1C(N)=O. The first kappa shape index (κ1) is 12.3. The van der Waals surface area contributed by atoms with Gasteiger partial charge in [-0.25, -0.2) is 0 Å². The van der Waals surface area contributed by atoms with E-state index < -0.39 is 5.91 Å². The van der Waals surface area contributed by atoms with Crippen LogP contribution in [0.15, 0.2) is 18.2 Å². The van der Waals surface area contributed by atoms with Crippen molar-refractivity contribution in [1.82, 2.24) is 0 Å². The van der Waals surface area contributed by atoms with Crippen LogP contribution in [0.1, 0.15) is 17.3 Å². The molecule has 4 N–H and O–H groups in total. The van der Waals surface area contributed by atoms with E-state index in [0.717, 1.165) is 0 Å². The zero-order valence-electron chi connectivity index (χ0n) is 9.40. The van der Waals surface area contributed by atoms with Gasteiger partial charge in [0.2, 0.25) is 0 Å². The van der Waals surface area contributed by atoms with Gasteiger partial charge >= 0.3 is 0 Å². The summed E-state index contributed by atoms with van der Waals surface area (Å²) in [5.74, 6) is -0.156. The van der Waals surface area contributed by atoms with E-state index in [9.17, 15) is 4.79 Å². The highest BCUT2D eigenvalue weighted by atomic mass is 16.5. The number of primary amides is 1. The molecule has 1 unspecified atom stereocenters. The fraction of sp³-hybridized carbons (Fsp3) is 0.364. The summed E-state index contributed by atoms with van der Waals surface area (Å²) in [4.78, 5) is 11.1. The van der Waals surface area contributed by atoms with Gasteiger partial charge in [0.15, 0.2) is 0 Å². The van der Waals surface area contributed by atoms with Gasteiger partial charge in [-0.1, -0.05) is 0 Å². The lowest BCUT2D eigenvalue weighted by Crippen LogP contribution is -2.19. The molecule has 0 bridgehead atoms. The lowest BCUT2D eigenvalue weighted by Gasteiger charge is -2.13. The van der Waals surface area contributed by atoms with Crippen molar-refractivity contribution in [3.8, 4) is 5.75 Å². The minimum atomic E-state index is -0.542. The van der Waals surface area contributed by atoms with Crippen LogP contribution in [0.3, 0.4) is 0 Å². The quantitative estimate of drug-likeness (QED) is 0.723. The highest BCUT2D eigenvalue weighted by molar-refractivity contribution is 5.96.